The third kappa shape index (κ3) is 3.59. The summed E-state index contributed by atoms with van der Waals surface area (Å²) in [5, 5.41) is 15.6. The van der Waals surface area contributed by atoms with Gasteiger partial charge in [0.15, 0.2) is 0 Å². The highest BCUT2D eigenvalue weighted by atomic mass is 32.1. The zero-order valence-electron chi connectivity index (χ0n) is 13.8. The quantitative estimate of drug-likeness (QED) is 0.800. The SMILES string of the molecule is CCOC(C)c1nc(CC(=O)NC2C3CCC(C3)C2CO)cs1. The number of amides is 1. The van der Waals surface area contributed by atoms with Crippen LogP contribution in [0.2, 0.25) is 0 Å². The number of hydrogen-bond donors (Lipinski definition) is 2. The number of nitrogens with zero attached hydrogens (tertiary/aromatic N) is 1. The van der Waals surface area contributed by atoms with Crippen molar-refractivity contribution in [3.05, 3.63) is 16.1 Å². The summed E-state index contributed by atoms with van der Waals surface area (Å²) in [5.41, 5.74) is 0.803. The second-order valence-electron chi connectivity index (χ2n) is 6.72. The first-order chi connectivity index (χ1) is 11.1. The summed E-state index contributed by atoms with van der Waals surface area (Å²) >= 11 is 1.54. The fraction of sp³-hybridized carbons (Fsp3) is 0.765. The second kappa shape index (κ2) is 7.28. The summed E-state index contributed by atoms with van der Waals surface area (Å²) in [4.78, 5) is 16.9. The van der Waals surface area contributed by atoms with Gasteiger partial charge in [-0.2, -0.15) is 0 Å². The number of aliphatic hydroxyl groups excluding tert-OH is 1. The fourth-order valence-electron chi connectivity index (χ4n) is 4.21. The predicted molar refractivity (Wildman–Crippen MR) is 89.2 cm³/mol. The van der Waals surface area contributed by atoms with Gasteiger partial charge in [-0.1, -0.05) is 0 Å². The van der Waals surface area contributed by atoms with Gasteiger partial charge in [0.25, 0.3) is 0 Å². The van der Waals surface area contributed by atoms with Gasteiger partial charge in [-0.05, 0) is 44.9 Å². The number of hydrogen-bond acceptors (Lipinski definition) is 5. The van der Waals surface area contributed by atoms with Crippen molar-refractivity contribution in [2.45, 2.75) is 51.7 Å². The summed E-state index contributed by atoms with van der Waals surface area (Å²) in [7, 11) is 0. The number of thiazole rings is 1. The third-order valence-electron chi connectivity index (χ3n) is 5.30. The molecule has 0 saturated heterocycles. The van der Waals surface area contributed by atoms with Crippen molar-refractivity contribution < 1.29 is 14.6 Å². The normalized spacial score (nSPS) is 30.6. The average molecular weight is 338 g/mol. The van der Waals surface area contributed by atoms with Crippen molar-refractivity contribution in [3.8, 4) is 0 Å². The molecule has 0 aliphatic heterocycles. The molecule has 2 aliphatic rings. The molecule has 5 nitrogen and oxygen atoms in total. The lowest BCUT2D eigenvalue weighted by Gasteiger charge is -2.30. The molecule has 1 aromatic heterocycles. The number of nitrogens with one attached hydrogen (secondary N) is 1. The summed E-state index contributed by atoms with van der Waals surface area (Å²) in [6.07, 6.45) is 3.82. The van der Waals surface area contributed by atoms with Gasteiger partial charge in [0.05, 0.1) is 12.1 Å². The molecule has 1 amide bonds. The van der Waals surface area contributed by atoms with Crippen LogP contribution in [-0.4, -0.2) is 35.3 Å². The zero-order chi connectivity index (χ0) is 16.4. The van der Waals surface area contributed by atoms with Crippen LogP contribution in [0.25, 0.3) is 0 Å². The third-order valence-corrected chi connectivity index (χ3v) is 6.36. The molecular weight excluding hydrogens is 312 g/mol. The first-order valence-electron chi connectivity index (χ1n) is 8.58. The summed E-state index contributed by atoms with van der Waals surface area (Å²) in [6, 6.07) is 0.145. The van der Waals surface area contributed by atoms with Crippen LogP contribution < -0.4 is 5.32 Å². The number of rotatable bonds is 7. The van der Waals surface area contributed by atoms with E-state index in [1.807, 2.05) is 19.2 Å². The monoisotopic (exact) mass is 338 g/mol. The number of fused-ring (bicyclic) bond motifs is 2. The van der Waals surface area contributed by atoms with Crippen LogP contribution in [0.4, 0.5) is 0 Å². The van der Waals surface area contributed by atoms with Crippen LogP contribution in [0, 0.1) is 17.8 Å². The Bertz CT molecular complexity index is 548. The molecule has 0 aromatic carbocycles. The van der Waals surface area contributed by atoms with Crippen molar-refractivity contribution >= 4 is 17.2 Å². The van der Waals surface area contributed by atoms with Crippen LogP contribution in [0.3, 0.4) is 0 Å². The minimum atomic E-state index is -0.0221. The van der Waals surface area contributed by atoms with E-state index in [0.29, 0.717) is 24.9 Å². The largest absolute Gasteiger partial charge is 0.396 e. The lowest BCUT2D eigenvalue weighted by Crippen LogP contribution is -2.45. The number of aliphatic hydroxyl groups is 1. The number of aromatic nitrogens is 1. The lowest BCUT2D eigenvalue weighted by molar-refractivity contribution is -0.122. The van der Waals surface area contributed by atoms with Gasteiger partial charge in [-0.3, -0.25) is 4.79 Å². The highest BCUT2D eigenvalue weighted by Gasteiger charge is 2.47. The Kier molecular flexibility index (Phi) is 5.34. The highest BCUT2D eigenvalue weighted by molar-refractivity contribution is 7.09. The van der Waals surface area contributed by atoms with Gasteiger partial charge in [-0.15, -0.1) is 11.3 Å². The van der Waals surface area contributed by atoms with Crippen molar-refractivity contribution in [1.29, 1.82) is 0 Å². The number of carbonyl (C=O) groups excluding carboxylic acids is 1. The Morgan fingerprint density at radius 3 is 3.04 bits per heavy atom. The van der Waals surface area contributed by atoms with E-state index in [1.165, 1.54) is 12.8 Å². The molecule has 6 heteroatoms. The first kappa shape index (κ1) is 16.9. The molecule has 5 unspecified atom stereocenters. The Morgan fingerprint density at radius 1 is 1.52 bits per heavy atom. The predicted octanol–water partition coefficient (Wildman–Crippen LogP) is 2.31. The molecule has 128 valence electrons. The first-order valence-corrected chi connectivity index (χ1v) is 9.46. The van der Waals surface area contributed by atoms with E-state index in [9.17, 15) is 9.90 Å². The fourth-order valence-corrected chi connectivity index (χ4v) is 5.03. The van der Waals surface area contributed by atoms with Crippen molar-refractivity contribution in [2.24, 2.45) is 17.8 Å². The van der Waals surface area contributed by atoms with E-state index in [-0.39, 0.29) is 30.6 Å². The standard InChI is InChI=1S/C17H26N2O3S/c1-3-22-10(2)17-18-13(9-23-17)7-15(21)19-16-12-5-4-11(6-12)14(16)8-20/h9-12,14,16,20H,3-8H2,1-2H3,(H,19,21). The molecule has 23 heavy (non-hydrogen) atoms. The maximum Gasteiger partial charge on any atom is 0.226 e. The van der Waals surface area contributed by atoms with Crippen molar-refractivity contribution in [2.75, 3.05) is 13.2 Å². The molecule has 1 heterocycles. The van der Waals surface area contributed by atoms with E-state index in [1.54, 1.807) is 11.3 Å². The summed E-state index contributed by atoms with van der Waals surface area (Å²) in [5.74, 6) is 1.39. The lowest BCUT2D eigenvalue weighted by atomic mass is 9.85. The molecule has 5 atom stereocenters. The molecule has 1 aromatic rings. The molecule has 0 radical (unpaired) electrons. The zero-order valence-corrected chi connectivity index (χ0v) is 14.6. The van der Waals surface area contributed by atoms with Gasteiger partial charge in [-0.25, -0.2) is 4.98 Å². The van der Waals surface area contributed by atoms with Gasteiger partial charge in [0.1, 0.15) is 11.1 Å². The molecular formula is C17H26N2O3S. The molecule has 2 bridgehead atoms. The maximum absolute atomic E-state index is 12.4. The minimum Gasteiger partial charge on any atom is -0.396 e. The molecule has 0 spiro atoms. The van der Waals surface area contributed by atoms with E-state index >= 15 is 0 Å². The van der Waals surface area contributed by atoms with Crippen LogP contribution in [0.15, 0.2) is 5.38 Å². The summed E-state index contributed by atoms with van der Waals surface area (Å²) in [6.45, 7) is 4.78. The van der Waals surface area contributed by atoms with Crippen molar-refractivity contribution in [3.63, 3.8) is 0 Å². The summed E-state index contributed by atoms with van der Waals surface area (Å²) < 4.78 is 5.54. The smallest absolute Gasteiger partial charge is 0.226 e. The topological polar surface area (TPSA) is 71.5 Å². The van der Waals surface area contributed by atoms with Crippen LogP contribution >= 0.6 is 11.3 Å². The Labute approximate surface area is 141 Å². The minimum absolute atomic E-state index is 0.0157. The van der Waals surface area contributed by atoms with Gasteiger partial charge >= 0.3 is 0 Å². The maximum atomic E-state index is 12.4. The number of ether oxygens (including phenoxy) is 1. The van der Waals surface area contributed by atoms with Crippen LogP contribution in [0.1, 0.15) is 49.9 Å². The van der Waals surface area contributed by atoms with Gasteiger partial charge < -0.3 is 15.2 Å². The van der Waals surface area contributed by atoms with Crippen molar-refractivity contribution in [1.82, 2.24) is 10.3 Å². The Hall–Kier alpha value is -0.980. The average Bonchev–Trinajstić information content (AvgIpc) is 3.23. The van der Waals surface area contributed by atoms with E-state index in [0.717, 1.165) is 17.1 Å². The molecule has 2 aliphatic carbocycles. The number of carbonyl (C=O) groups is 1. The van der Waals surface area contributed by atoms with Crippen LogP contribution in [-0.2, 0) is 16.0 Å². The van der Waals surface area contributed by atoms with E-state index in [4.69, 9.17) is 4.74 Å². The van der Waals surface area contributed by atoms with Gasteiger partial charge in [0, 0.05) is 30.6 Å². The van der Waals surface area contributed by atoms with Crippen LogP contribution in [0.5, 0.6) is 0 Å². The molecule has 2 saturated carbocycles. The van der Waals surface area contributed by atoms with E-state index in [2.05, 4.69) is 10.3 Å². The Balaban J connectivity index is 1.55. The highest BCUT2D eigenvalue weighted by Crippen LogP contribution is 2.48. The molecule has 2 N–H and O–H groups in total. The van der Waals surface area contributed by atoms with Gasteiger partial charge in [0.2, 0.25) is 5.91 Å². The molecule has 3 rings (SSSR count). The Morgan fingerprint density at radius 2 is 2.30 bits per heavy atom. The molecule has 2 fully saturated rings. The van der Waals surface area contributed by atoms with E-state index < -0.39 is 0 Å². The second-order valence-corrected chi connectivity index (χ2v) is 7.61.